The van der Waals surface area contributed by atoms with E-state index in [4.69, 9.17) is 4.42 Å². The molecule has 2 heterocycles. The lowest BCUT2D eigenvalue weighted by molar-refractivity contribution is 0.551. The van der Waals surface area contributed by atoms with Gasteiger partial charge in [-0.05, 0) is 42.5 Å². The Morgan fingerprint density at radius 3 is 1.18 bits per heavy atom. The summed E-state index contributed by atoms with van der Waals surface area (Å²) < 4.78 is 39.5. The van der Waals surface area contributed by atoms with E-state index < -0.39 is 14.3 Å². The second-order valence-corrected chi connectivity index (χ2v) is 18.0. The third-order valence-electron chi connectivity index (χ3n) is 9.63. The van der Waals surface area contributed by atoms with Gasteiger partial charge in [0.2, 0.25) is 5.88 Å². The van der Waals surface area contributed by atoms with E-state index in [9.17, 15) is 0 Å². The molecule has 0 amide bonds. The Balaban J connectivity index is 1.37. The van der Waals surface area contributed by atoms with Crippen molar-refractivity contribution in [3.05, 3.63) is 188 Å². The van der Waals surface area contributed by atoms with Gasteiger partial charge in [-0.2, -0.15) is 0 Å². The van der Waals surface area contributed by atoms with Gasteiger partial charge in [-0.1, -0.05) is 140 Å². The maximum absolute atomic E-state index is 15.5. The van der Waals surface area contributed by atoms with E-state index in [1.54, 1.807) is 6.26 Å². The number of fused-ring (bicyclic) bond motifs is 4. The zero-order valence-corrected chi connectivity index (χ0v) is 28.8. The molecule has 0 unspecified atom stereocenters. The van der Waals surface area contributed by atoms with Crippen LogP contribution in [0.25, 0.3) is 38.5 Å². The fraction of sp³-hybridized carbons (Fsp3) is 0. The fourth-order valence-electron chi connectivity index (χ4n) is 7.21. The summed E-state index contributed by atoms with van der Waals surface area (Å²) in [4.78, 5) is 0. The first-order valence-electron chi connectivity index (χ1n) is 16.6. The number of furan rings is 1. The van der Waals surface area contributed by atoms with Crippen molar-refractivity contribution in [3.63, 3.8) is 0 Å². The third kappa shape index (κ3) is 4.68. The summed E-state index contributed by atoms with van der Waals surface area (Å²) in [5, 5.41) is 8.32. The Hall–Kier alpha value is -5.66. The van der Waals surface area contributed by atoms with Gasteiger partial charge in [0.15, 0.2) is 14.3 Å². The first-order chi connectivity index (χ1) is 24.6. The minimum absolute atomic E-state index is 0.699. The van der Waals surface area contributed by atoms with Gasteiger partial charge in [0.25, 0.3) is 0 Å². The predicted molar refractivity (Wildman–Crippen MR) is 209 cm³/mol. The number of rotatable bonds is 7. The van der Waals surface area contributed by atoms with E-state index >= 15 is 9.13 Å². The van der Waals surface area contributed by atoms with Crippen LogP contribution in [0.5, 0.6) is 0 Å². The van der Waals surface area contributed by atoms with Crippen molar-refractivity contribution >= 4 is 78.7 Å². The highest BCUT2D eigenvalue weighted by atomic mass is 31.2. The molecule has 240 valence electrons. The van der Waals surface area contributed by atoms with Crippen molar-refractivity contribution in [2.24, 2.45) is 0 Å². The van der Waals surface area contributed by atoms with Crippen LogP contribution in [0.1, 0.15) is 0 Å². The molecule has 0 aliphatic carbocycles. The maximum Gasteiger partial charge on any atom is 0.212 e. The van der Waals surface area contributed by atoms with Crippen molar-refractivity contribution in [3.8, 4) is 5.88 Å². The molecule has 0 radical (unpaired) electrons. The first kappa shape index (κ1) is 30.4. The van der Waals surface area contributed by atoms with E-state index in [2.05, 4.69) is 22.8 Å². The molecule has 7 aromatic carbocycles. The second kappa shape index (κ2) is 12.0. The largest absolute Gasteiger partial charge is 0.447 e. The molecule has 0 aliphatic heterocycles. The number of hydrogen-bond donors (Lipinski definition) is 0. The molecule has 0 spiro atoms. The van der Waals surface area contributed by atoms with Gasteiger partial charge in [0.1, 0.15) is 6.26 Å². The van der Waals surface area contributed by atoms with Crippen molar-refractivity contribution in [1.29, 1.82) is 0 Å². The van der Waals surface area contributed by atoms with Crippen LogP contribution in [0, 0.1) is 0 Å². The van der Waals surface area contributed by atoms with E-state index in [0.29, 0.717) is 5.88 Å². The number of hydrogen-bond acceptors (Lipinski definition) is 3. The van der Waals surface area contributed by atoms with Gasteiger partial charge in [-0.15, -0.1) is 0 Å². The van der Waals surface area contributed by atoms with Crippen molar-refractivity contribution in [2.45, 2.75) is 0 Å². The SMILES string of the molecule is O=P(c1ccccc1)(c1ccccc1)c1ccc2c(c1)c1cc(P(=O)(c3ccccc3)c3ccccc3)ccc1n2-c1occ2ccccc12. The van der Waals surface area contributed by atoms with Crippen LogP contribution < -0.4 is 31.8 Å². The summed E-state index contributed by atoms with van der Waals surface area (Å²) >= 11 is 0. The van der Waals surface area contributed by atoms with Crippen LogP contribution in [0.15, 0.2) is 193 Å². The Labute approximate surface area is 290 Å². The lowest BCUT2D eigenvalue weighted by Gasteiger charge is -2.20. The summed E-state index contributed by atoms with van der Waals surface area (Å²) in [5.74, 6) is 0.699. The minimum Gasteiger partial charge on any atom is -0.447 e. The summed E-state index contributed by atoms with van der Waals surface area (Å²) in [6.45, 7) is 0. The van der Waals surface area contributed by atoms with Crippen LogP contribution in [-0.4, -0.2) is 4.57 Å². The van der Waals surface area contributed by atoms with Gasteiger partial charge in [0.05, 0.1) is 11.0 Å². The summed E-state index contributed by atoms with van der Waals surface area (Å²) in [6, 6.07) is 59.2. The van der Waals surface area contributed by atoms with Crippen molar-refractivity contribution in [1.82, 2.24) is 4.57 Å². The van der Waals surface area contributed by atoms with Gasteiger partial charge in [-0.3, -0.25) is 4.57 Å². The summed E-state index contributed by atoms with van der Waals surface area (Å²) in [5.41, 5.74) is 1.81. The van der Waals surface area contributed by atoms with Crippen LogP contribution in [0.4, 0.5) is 0 Å². The smallest absolute Gasteiger partial charge is 0.212 e. The molecular weight excluding hydrogens is 652 g/mol. The molecule has 50 heavy (non-hydrogen) atoms. The van der Waals surface area contributed by atoms with E-state index in [0.717, 1.165) is 64.4 Å². The molecule has 4 nitrogen and oxygen atoms in total. The molecule has 9 aromatic rings. The number of aromatic nitrogens is 1. The second-order valence-electron chi connectivity index (χ2n) is 12.4. The maximum atomic E-state index is 15.5. The minimum atomic E-state index is -3.28. The predicted octanol–water partition coefficient (Wildman–Crippen LogP) is 8.81. The van der Waals surface area contributed by atoms with E-state index in [1.807, 2.05) is 164 Å². The molecule has 0 N–H and O–H groups in total. The fourth-order valence-corrected chi connectivity index (χ4v) is 12.6. The van der Waals surface area contributed by atoms with Gasteiger partial charge >= 0.3 is 0 Å². The van der Waals surface area contributed by atoms with E-state index in [-0.39, 0.29) is 0 Å². The molecule has 0 bridgehead atoms. The Bertz CT molecular complexity index is 2510. The zero-order chi connectivity index (χ0) is 33.7. The molecule has 6 heteroatoms. The van der Waals surface area contributed by atoms with Crippen LogP contribution >= 0.6 is 14.3 Å². The lowest BCUT2D eigenvalue weighted by atomic mass is 10.1. The molecular formula is C44H31NO3P2. The standard InChI is InChI=1S/C44H31NO3P2/c46-49(33-16-5-1-6-17-33,34-18-7-2-8-19-34)37-25-27-42-40(29-37)41-30-38(50(47,35-20-9-3-10-21-35)36-22-11-4-12-23-36)26-28-43(41)45(42)44-39-24-14-13-15-32(39)31-48-44/h1-31H. The molecule has 0 fully saturated rings. The molecule has 0 saturated heterocycles. The van der Waals surface area contributed by atoms with E-state index in [1.165, 1.54) is 0 Å². The molecule has 0 atom stereocenters. The molecule has 0 aliphatic rings. The third-order valence-corrected chi connectivity index (χ3v) is 15.7. The normalized spacial score (nSPS) is 12.2. The first-order valence-corrected chi connectivity index (χ1v) is 20.0. The van der Waals surface area contributed by atoms with Crippen molar-refractivity contribution in [2.75, 3.05) is 0 Å². The molecule has 9 rings (SSSR count). The Kier molecular flexibility index (Phi) is 7.32. The Morgan fingerprint density at radius 1 is 0.380 bits per heavy atom. The van der Waals surface area contributed by atoms with Crippen LogP contribution in [0.2, 0.25) is 0 Å². The molecule has 0 saturated carbocycles. The monoisotopic (exact) mass is 683 g/mol. The summed E-state index contributed by atoms with van der Waals surface area (Å²) in [7, 11) is -6.55. The quantitative estimate of drug-likeness (QED) is 0.158. The summed E-state index contributed by atoms with van der Waals surface area (Å²) in [6.07, 6.45) is 1.78. The average Bonchev–Trinajstić information content (AvgIpc) is 3.76. The van der Waals surface area contributed by atoms with Crippen LogP contribution in [-0.2, 0) is 9.13 Å². The van der Waals surface area contributed by atoms with Gasteiger partial charge < -0.3 is 13.5 Å². The topological polar surface area (TPSA) is 52.2 Å². The zero-order valence-electron chi connectivity index (χ0n) is 27.0. The average molecular weight is 684 g/mol. The highest BCUT2D eigenvalue weighted by Gasteiger charge is 2.33. The van der Waals surface area contributed by atoms with Crippen molar-refractivity contribution < 1.29 is 13.5 Å². The van der Waals surface area contributed by atoms with Gasteiger partial charge in [0, 0.05) is 53.4 Å². The number of benzene rings is 7. The lowest BCUT2D eigenvalue weighted by Crippen LogP contribution is -2.25. The van der Waals surface area contributed by atoms with Crippen LogP contribution in [0.3, 0.4) is 0 Å². The Morgan fingerprint density at radius 2 is 0.760 bits per heavy atom. The highest BCUT2D eigenvalue weighted by molar-refractivity contribution is 7.85. The van der Waals surface area contributed by atoms with Gasteiger partial charge in [-0.25, -0.2) is 0 Å². The molecule has 2 aromatic heterocycles. The highest BCUT2D eigenvalue weighted by Crippen LogP contribution is 2.46. The number of nitrogens with zero attached hydrogens (tertiary/aromatic N) is 1.